The second kappa shape index (κ2) is 6.39. The number of nitrogens with zero attached hydrogens (tertiary/aromatic N) is 1. The Morgan fingerprint density at radius 3 is 2.46 bits per heavy atom. The normalized spacial score (nSPS) is 12.6. The molecule has 0 bridgehead atoms. The molecule has 0 N–H and O–H groups in total. The molecule has 0 heterocycles. The van der Waals surface area contributed by atoms with Gasteiger partial charge in [0.25, 0.3) is 0 Å². The molecule has 1 atom stereocenters. The lowest BCUT2D eigenvalue weighted by atomic mass is 9.87. The van der Waals surface area contributed by atoms with Crippen molar-refractivity contribution in [1.29, 1.82) is 5.26 Å². The highest BCUT2D eigenvalue weighted by Crippen LogP contribution is 2.31. The van der Waals surface area contributed by atoms with Crippen LogP contribution in [0.3, 0.4) is 0 Å². The summed E-state index contributed by atoms with van der Waals surface area (Å²) in [4.78, 5) is 0. The molecule has 76 valence electrons. The summed E-state index contributed by atoms with van der Waals surface area (Å²) in [5.74, 6) is 0.804. The minimum Gasteiger partial charge on any atom is -0.198 e. The van der Waals surface area contributed by atoms with Gasteiger partial charge in [-0.25, -0.2) is 0 Å². The van der Waals surface area contributed by atoms with Crippen LogP contribution >= 0.6 is 8.58 Å². The highest BCUT2D eigenvalue weighted by Gasteiger charge is 2.17. The summed E-state index contributed by atoms with van der Waals surface area (Å²) in [7, 11) is 0.826. The van der Waals surface area contributed by atoms with E-state index in [-0.39, 0.29) is 0 Å². The van der Waals surface area contributed by atoms with Gasteiger partial charge in [0.2, 0.25) is 0 Å². The van der Waals surface area contributed by atoms with Gasteiger partial charge in [0.05, 0.1) is 12.2 Å². The minimum absolute atomic E-state index is 0.444. The van der Waals surface area contributed by atoms with Crippen LogP contribution in [0, 0.1) is 22.7 Å². The van der Waals surface area contributed by atoms with Crippen molar-refractivity contribution >= 4 is 8.58 Å². The van der Waals surface area contributed by atoms with Crippen molar-refractivity contribution in [3.8, 4) is 6.07 Å². The van der Waals surface area contributed by atoms with Gasteiger partial charge in [-0.3, -0.25) is 0 Å². The van der Waals surface area contributed by atoms with E-state index < -0.39 is 0 Å². The van der Waals surface area contributed by atoms with E-state index in [0.29, 0.717) is 5.41 Å². The average Bonchev–Trinajstić information content (AvgIpc) is 2.02. The second-order valence-electron chi connectivity index (χ2n) is 4.86. The molecule has 0 aromatic heterocycles. The third-order valence-corrected chi connectivity index (χ3v) is 3.82. The Bertz CT molecular complexity index is 167. The summed E-state index contributed by atoms with van der Waals surface area (Å²) < 4.78 is 0. The third kappa shape index (κ3) is 8.26. The molecule has 13 heavy (non-hydrogen) atoms. The number of hydrogen-bond acceptors (Lipinski definition) is 1. The van der Waals surface area contributed by atoms with Gasteiger partial charge in [-0.2, -0.15) is 5.26 Å². The molecule has 0 aliphatic rings. The van der Waals surface area contributed by atoms with E-state index in [4.69, 9.17) is 5.26 Å². The lowest BCUT2D eigenvalue weighted by molar-refractivity contribution is 0.344. The van der Waals surface area contributed by atoms with Crippen molar-refractivity contribution in [1.82, 2.24) is 0 Å². The van der Waals surface area contributed by atoms with Crippen LogP contribution in [-0.4, -0.2) is 12.3 Å². The highest BCUT2D eigenvalue weighted by molar-refractivity contribution is 7.38. The second-order valence-corrected chi connectivity index (χ2v) is 6.07. The maximum absolute atomic E-state index is 8.44. The smallest absolute Gasteiger partial charge is 0.0665 e. The molecule has 0 saturated carbocycles. The Kier molecular flexibility index (Phi) is 6.35. The molecular formula is C11H22NP. The number of hydrogen-bond donors (Lipinski definition) is 0. The van der Waals surface area contributed by atoms with Crippen LogP contribution in [0.1, 0.15) is 40.5 Å². The van der Waals surface area contributed by atoms with E-state index in [2.05, 4.69) is 33.8 Å². The molecule has 0 aliphatic heterocycles. The van der Waals surface area contributed by atoms with E-state index in [9.17, 15) is 0 Å². The Balaban J connectivity index is 3.61. The topological polar surface area (TPSA) is 23.8 Å². The van der Waals surface area contributed by atoms with Gasteiger partial charge >= 0.3 is 0 Å². The fourth-order valence-corrected chi connectivity index (χ4v) is 2.31. The van der Waals surface area contributed by atoms with E-state index in [1.807, 2.05) is 0 Å². The summed E-state index contributed by atoms with van der Waals surface area (Å²) in [6.07, 6.45) is 4.56. The fraction of sp³-hybridized carbons (Fsp3) is 0.909. The zero-order valence-corrected chi connectivity index (χ0v) is 10.4. The van der Waals surface area contributed by atoms with Gasteiger partial charge in [-0.15, -0.1) is 8.58 Å². The van der Waals surface area contributed by atoms with Crippen LogP contribution in [0.25, 0.3) is 0 Å². The van der Waals surface area contributed by atoms with E-state index >= 15 is 0 Å². The summed E-state index contributed by atoms with van der Waals surface area (Å²) in [5.41, 5.74) is 0.444. The van der Waals surface area contributed by atoms with Gasteiger partial charge in [-0.05, 0) is 23.9 Å². The molecule has 0 aliphatic carbocycles. The minimum atomic E-state index is 0.444. The SMILES string of the molecule is CC(C)CCC(C)(C)CPCC#N. The van der Waals surface area contributed by atoms with Crippen LogP contribution in [0.4, 0.5) is 0 Å². The Morgan fingerprint density at radius 1 is 1.38 bits per heavy atom. The van der Waals surface area contributed by atoms with Crippen molar-refractivity contribution in [2.24, 2.45) is 11.3 Å². The van der Waals surface area contributed by atoms with Crippen molar-refractivity contribution in [2.75, 3.05) is 12.3 Å². The first-order valence-electron chi connectivity index (χ1n) is 5.05. The number of rotatable bonds is 6. The molecule has 1 unspecified atom stereocenters. The molecular weight excluding hydrogens is 177 g/mol. The molecule has 1 nitrogen and oxygen atoms in total. The largest absolute Gasteiger partial charge is 0.198 e. The molecule has 0 amide bonds. The standard InChI is InChI=1S/C11H22NP/c1-10(2)5-6-11(3,4)9-13-8-7-12/h10,13H,5-6,8-9H2,1-4H3. The van der Waals surface area contributed by atoms with Gasteiger partial charge in [0, 0.05) is 0 Å². The van der Waals surface area contributed by atoms with Crippen LogP contribution < -0.4 is 0 Å². The summed E-state index contributed by atoms with van der Waals surface area (Å²) >= 11 is 0. The molecule has 0 fully saturated rings. The maximum atomic E-state index is 8.44. The lowest BCUT2D eigenvalue weighted by Crippen LogP contribution is -2.15. The van der Waals surface area contributed by atoms with Crippen molar-refractivity contribution in [3.05, 3.63) is 0 Å². The molecule has 0 aromatic rings. The summed E-state index contributed by atoms with van der Waals surface area (Å²) in [6.45, 7) is 9.18. The summed E-state index contributed by atoms with van der Waals surface area (Å²) in [5, 5.41) is 8.44. The van der Waals surface area contributed by atoms with Crippen LogP contribution in [0.2, 0.25) is 0 Å². The predicted octanol–water partition coefficient (Wildman–Crippen LogP) is 3.65. The third-order valence-electron chi connectivity index (χ3n) is 2.21. The van der Waals surface area contributed by atoms with Crippen LogP contribution in [-0.2, 0) is 0 Å². The molecule has 0 spiro atoms. The Morgan fingerprint density at radius 2 is 2.00 bits per heavy atom. The van der Waals surface area contributed by atoms with E-state index in [1.54, 1.807) is 0 Å². The maximum Gasteiger partial charge on any atom is 0.0665 e. The highest BCUT2D eigenvalue weighted by atomic mass is 31.1. The first-order valence-corrected chi connectivity index (χ1v) is 6.47. The van der Waals surface area contributed by atoms with E-state index in [0.717, 1.165) is 20.7 Å². The van der Waals surface area contributed by atoms with Gasteiger partial charge < -0.3 is 0 Å². The van der Waals surface area contributed by atoms with E-state index in [1.165, 1.54) is 19.0 Å². The Labute approximate surface area is 84.7 Å². The van der Waals surface area contributed by atoms with Gasteiger partial charge in [0.1, 0.15) is 0 Å². The molecule has 0 rings (SSSR count). The van der Waals surface area contributed by atoms with Crippen LogP contribution in [0.5, 0.6) is 0 Å². The first-order chi connectivity index (χ1) is 5.98. The predicted molar refractivity (Wildman–Crippen MR) is 61.5 cm³/mol. The molecule has 2 heteroatoms. The molecule has 0 radical (unpaired) electrons. The zero-order valence-electron chi connectivity index (χ0n) is 9.35. The zero-order chi connectivity index (χ0) is 10.3. The Hall–Kier alpha value is -0.0800. The first kappa shape index (κ1) is 12.9. The number of nitriles is 1. The lowest BCUT2D eigenvalue weighted by Gasteiger charge is -2.24. The van der Waals surface area contributed by atoms with Crippen molar-refractivity contribution < 1.29 is 0 Å². The van der Waals surface area contributed by atoms with Crippen molar-refractivity contribution in [3.63, 3.8) is 0 Å². The fourth-order valence-electron chi connectivity index (χ4n) is 1.22. The van der Waals surface area contributed by atoms with Crippen molar-refractivity contribution in [2.45, 2.75) is 40.5 Å². The van der Waals surface area contributed by atoms with Gasteiger partial charge in [-0.1, -0.05) is 34.1 Å². The molecule has 0 aromatic carbocycles. The van der Waals surface area contributed by atoms with Gasteiger partial charge in [0.15, 0.2) is 0 Å². The average molecular weight is 199 g/mol. The molecule has 0 saturated heterocycles. The summed E-state index contributed by atoms with van der Waals surface area (Å²) in [6, 6.07) is 2.22. The van der Waals surface area contributed by atoms with Crippen LogP contribution in [0.15, 0.2) is 0 Å². The quantitative estimate of drug-likeness (QED) is 0.473. The monoisotopic (exact) mass is 199 g/mol.